The van der Waals surface area contributed by atoms with Crippen molar-refractivity contribution >= 4 is 0 Å². The summed E-state index contributed by atoms with van der Waals surface area (Å²) in [7, 11) is 1.68. The van der Waals surface area contributed by atoms with E-state index in [2.05, 4.69) is 0 Å². The van der Waals surface area contributed by atoms with Gasteiger partial charge in [-0.2, -0.15) is 0 Å². The molecule has 0 aromatic carbocycles. The maximum Gasteiger partial charge on any atom is 0.147 e. The van der Waals surface area contributed by atoms with E-state index in [1.165, 1.54) is 0 Å². The topological polar surface area (TPSA) is 27.7 Å². The number of hydrogen-bond acceptors (Lipinski definition) is 3. The van der Waals surface area contributed by atoms with Gasteiger partial charge in [-0.3, -0.25) is 0 Å². The van der Waals surface area contributed by atoms with E-state index in [1.54, 1.807) is 7.11 Å². The van der Waals surface area contributed by atoms with Gasteiger partial charge in [0.05, 0.1) is 19.3 Å². The van der Waals surface area contributed by atoms with Crippen LogP contribution in [0.2, 0.25) is 0 Å². The zero-order chi connectivity index (χ0) is 6.53. The smallest absolute Gasteiger partial charge is 0.147 e. The van der Waals surface area contributed by atoms with Crippen LogP contribution >= 0.6 is 0 Å². The average molecular weight is 132 g/mol. The van der Waals surface area contributed by atoms with Gasteiger partial charge >= 0.3 is 0 Å². The van der Waals surface area contributed by atoms with Crippen molar-refractivity contribution in [2.45, 2.75) is 12.5 Å². The van der Waals surface area contributed by atoms with Gasteiger partial charge in [-0.15, -0.1) is 0 Å². The lowest BCUT2D eigenvalue weighted by Gasteiger charge is -2.21. The van der Waals surface area contributed by atoms with Gasteiger partial charge in [-0.05, 0) is 6.42 Å². The van der Waals surface area contributed by atoms with Crippen LogP contribution in [-0.2, 0) is 14.2 Å². The fourth-order valence-corrected chi connectivity index (χ4v) is 0.819. The number of ether oxygens (including phenoxy) is 3. The standard InChI is InChI=1S/C6H12O3/c1-7-4-6-2-3-8-5-9-6/h6H,2-5H2,1H3. The molecule has 1 saturated heterocycles. The number of methoxy groups -OCH3 is 1. The van der Waals surface area contributed by atoms with Crippen LogP contribution in [0.4, 0.5) is 0 Å². The Kier molecular flexibility index (Phi) is 2.97. The molecule has 1 heterocycles. The Bertz CT molecular complexity index is 65.9. The zero-order valence-corrected chi connectivity index (χ0v) is 5.63. The molecule has 0 bridgehead atoms. The van der Waals surface area contributed by atoms with Gasteiger partial charge in [0.1, 0.15) is 6.79 Å². The monoisotopic (exact) mass is 132 g/mol. The normalized spacial score (nSPS) is 28.3. The minimum atomic E-state index is 0.253. The first-order chi connectivity index (χ1) is 4.43. The Morgan fingerprint density at radius 3 is 3.11 bits per heavy atom. The first-order valence-electron chi connectivity index (χ1n) is 3.12. The van der Waals surface area contributed by atoms with Crippen LogP contribution in [-0.4, -0.2) is 33.2 Å². The third-order valence-electron chi connectivity index (χ3n) is 1.32. The molecular weight excluding hydrogens is 120 g/mol. The molecule has 1 atom stereocenters. The Morgan fingerprint density at radius 2 is 2.56 bits per heavy atom. The van der Waals surface area contributed by atoms with Crippen LogP contribution in [0.15, 0.2) is 0 Å². The lowest BCUT2D eigenvalue weighted by Crippen LogP contribution is -2.27. The molecule has 9 heavy (non-hydrogen) atoms. The summed E-state index contributed by atoms with van der Waals surface area (Å²) in [5, 5.41) is 0. The van der Waals surface area contributed by atoms with Crippen LogP contribution in [0.5, 0.6) is 0 Å². The van der Waals surface area contributed by atoms with E-state index < -0.39 is 0 Å². The van der Waals surface area contributed by atoms with Crippen molar-refractivity contribution in [3.8, 4) is 0 Å². The molecule has 0 amide bonds. The van der Waals surface area contributed by atoms with Crippen LogP contribution in [0.25, 0.3) is 0 Å². The SMILES string of the molecule is COCC1CCOCO1. The molecule has 0 N–H and O–H groups in total. The summed E-state index contributed by atoms with van der Waals surface area (Å²) in [5.74, 6) is 0. The summed E-state index contributed by atoms with van der Waals surface area (Å²) in [6, 6.07) is 0. The van der Waals surface area contributed by atoms with E-state index in [0.717, 1.165) is 13.0 Å². The molecule has 54 valence electrons. The molecule has 0 aromatic rings. The molecule has 3 heteroatoms. The highest BCUT2D eigenvalue weighted by atomic mass is 16.7. The van der Waals surface area contributed by atoms with Crippen molar-refractivity contribution in [1.82, 2.24) is 0 Å². The van der Waals surface area contributed by atoms with Crippen molar-refractivity contribution in [1.29, 1.82) is 0 Å². The molecule has 0 aromatic heterocycles. The molecule has 1 aliphatic heterocycles. The minimum Gasteiger partial charge on any atom is -0.382 e. The molecular formula is C6H12O3. The predicted octanol–water partition coefficient (Wildman–Crippen LogP) is 0.396. The van der Waals surface area contributed by atoms with Crippen LogP contribution in [0, 0.1) is 0 Å². The average Bonchev–Trinajstić information content (AvgIpc) is 1.91. The van der Waals surface area contributed by atoms with Crippen LogP contribution in [0.3, 0.4) is 0 Å². The van der Waals surface area contributed by atoms with Gasteiger partial charge in [-0.25, -0.2) is 0 Å². The van der Waals surface area contributed by atoms with E-state index >= 15 is 0 Å². The third kappa shape index (κ3) is 2.30. The van der Waals surface area contributed by atoms with E-state index in [0.29, 0.717) is 13.4 Å². The first kappa shape index (κ1) is 6.99. The quantitative estimate of drug-likeness (QED) is 0.544. The number of hydrogen-bond donors (Lipinski definition) is 0. The summed E-state index contributed by atoms with van der Waals surface area (Å²) in [5.41, 5.74) is 0. The second-order valence-corrected chi connectivity index (χ2v) is 2.06. The zero-order valence-electron chi connectivity index (χ0n) is 5.63. The first-order valence-corrected chi connectivity index (χ1v) is 3.12. The van der Waals surface area contributed by atoms with Crippen molar-refractivity contribution in [3.05, 3.63) is 0 Å². The molecule has 0 saturated carbocycles. The molecule has 1 unspecified atom stereocenters. The highest BCUT2D eigenvalue weighted by Gasteiger charge is 2.12. The van der Waals surface area contributed by atoms with Crippen molar-refractivity contribution in [2.24, 2.45) is 0 Å². The summed E-state index contributed by atoms with van der Waals surface area (Å²) in [6.45, 7) is 1.91. The lowest BCUT2D eigenvalue weighted by atomic mass is 10.3. The van der Waals surface area contributed by atoms with Crippen molar-refractivity contribution in [3.63, 3.8) is 0 Å². The van der Waals surface area contributed by atoms with E-state index in [-0.39, 0.29) is 6.10 Å². The number of rotatable bonds is 2. The van der Waals surface area contributed by atoms with Gasteiger partial charge in [0, 0.05) is 7.11 Å². The summed E-state index contributed by atoms with van der Waals surface area (Å²) in [4.78, 5) is 0. The maximum absolute atomic E-state index is 5.17. The minimum absolute atomic E-state index is 0.253. The summed E-state index contributed by atoms with van der Waals surface area (Å²) in [6.07, 6.45) is 1.21. The van der Waals surface area contributed by atoms with Gasteiger partial charge in [0.15, 0.2) is 0 Å². The largest absolute Gasteiger partial charge is 0.382 e. The second kappa shape index (κ2) is 3.82. The van der Waals surface area contributed by atoms with Gasteiger partial charge in [0.2, 0.25) is 0 Å². The fourth-order valence-electron chi connectivity index (χ4n) is 0.819. The Balaban J connectivity index is 2.08. The van der Waals surface area contributed by atoms with E-state index in [4.69, 9.17) is 14.2 Å². The van der Waals surface area contributed by atoms with Gasteiger partial charge in [-0.1, -0.05) is 0 Å². The summed E-state index contributed by atoms with van der Waals surface area (Å²) >= 11 is 0. The fraction of sp³-hybridized carbons (Fsp3) is 1.00. The lowest BCUT2D eigenvalue weighted by molar-refractivity contribution is -0.153. The Morgan fingerprint density at radius 1 is 1.67 bits per heavy atom. The summed E-state index contributed by atoms with van der Waals surface area (Å²) < 4.78 is 15.0. The van der Waals surface area contributed by atoms with Gasteiger partial charge < -0.3 is 14.2 Å². The van der Waals surface area contributed by atoms with Crippen LogP contribution in [0.1, 0.15) is 6.42 Å². The van der Waals surface area contributed by atoms with E-state index in [9.17, 15) is 0 Å². The molecule has 3 nitrogen and oxygen atoms in total. The maximum atomic E-state index is 5.17. The van der Waals surface area contributed by atoms with Crippen molar-refractivity contribution in [2.75, 3.05) is 27.1 Å². The molecule has 1 fully saturated rings. The second-order valence-electron chi connectivity index (χ2n) is 2.06. The molecule has 1 rings (SSSR count). The Labute approximate surface area is 54.9 Å². The third-order valence-corrected chi connectivity index (χ3v) is 1.32. The van der Waals surface area contributed by atoms with Crippen molar-refractivity contribution < 1.29 is 14.2 Å². The molecule has 0 radical (unpaired) electrons. The highest BCUT2D eigenvalue weighted by molar-refractivity contribution is 4.57. The van der Waals surface area contributed by atoms with Crippen LogP contribution < -0.4 is 0 Å². The highest BCUT2D eigenvalue weighted by Crippen LogP contribution is 2.04. The Hall–Kier alpha value is -0.120. The molecule has 1 aliphatic rings. The van der Waals surface area contributed by atoms with Gasteiger partial charge in [0.25, 0.3) is 0 Å². The predicted molar refractivity (Wildman–Crippen MR) is 32.2 cm³/mol. The molecule has 0 aliphatic carbocycles. The van der Waals surface area contributed by atoms with E-state index in [1.807, 2.05) is 0 Å². The molecule has 0 spiro atoms.